The average molecular weight is 358 g/mol. The van der Waals surface area contributed by atoms with Gasteiger partial charge in [0.25, 0.3) is 0 Å². The minimum Gasteiger partial charge on any atom is -0.399 e. The molecule has 2 aromatic rings. The van der Waals surface area contributed by atoms with Crippen LogP contribution in [0.15, 0.2) is 48.5 Å². The number of nitrogen functional groups attached to an aromatic ring is 1. The van der Waals surface area contributed by atoms with Gasteiger partial charge in [0, 0.05) is 18.7 Å². The smallest absolute Gasteiger partial charge is 0.223 e. The molecule has 0 bridgehead atoms. The SMILES string of the molecule is CC(C)CN(CC(O)c1ccc(F)cc1)C(=O)CCc1ccccc1N. The fourth-order valence-electron chi connectivity index (χ4n) is 2.88. The highest BCUT2D eigenvalue weighted by Gasteiger charge is 2.20. The number of hydrogen-bond donors (Lipinski definition) is 2. The van der Waals surface area contributed by atoms with Crippen LogP contribution in [0, 0.1) is 11.7 Å². The third kappa shape index (κ3) is 5.85. The van der Waals surface area contributed by atoms with E-state index in [0.29, 0.717) is 30.6 Å². The highest BCUT2D eigenvalue weighted by atomic mass is 19.1. The van der Waals surface area contributed by atoms with Gasteiger partial charge in [-0.15, -0.1) is 0 Å². The van der Waals surface area contributed by atoms with E-state index in [1.165, 1.54) is 12.1 Å². The highest BCUT2D eigenvalue weighted by molar-refractivity contribution is 5.76. The van der Waals surface area contributed by atoms with E-state index < -0.39 is 6.10 Å². The molecule has 2 aromatic carbocycles. The van der Waals surface area contributed by atoms with Gasteiger partial charge in [0.05, 0.1) is 12.6 Å². The Morgan fingerprint density at radius 2 is 1.77 bits per heavy atom. The Balaban J connectivity index is 2.02. The maximum absolute atomic E-state index is 13.1. The van der Waals surface area contributed by atoms with Gasteiger partial charge in [-0.2, -0.15) is 0 Å². The minimum atomic E-state index is -0.847. The first-order chi connectivity index (χ1) is 12.4. The van der Waals surface area contributed by atoms with Crippen molar-refractivity contribution in [2.24, 2.45) is 5.92 Å². The lowest BCUT2D eigenvalue weighted by atomic mass is 10.1. The molecule has 0 aromatic heterocycles. The van der Waals surface area contributed by atoms with Crippen LogP contribution in [-0.4, -0.2) is 29.0 Å². The van der Waals surface area contributed by atoms with Crippen molar-refractivity contribution in [3.8, 4) is 0 Å². The van der Waals surface area contributed by atoms with Crippen LogP contribution < -0.4 is 5.73 Å². The second-order valence-corrected chi connectivity index (χ2v) is 6.96. The predicted molar refractivity (Wildman–Crippen MR) is 102 cm³/mol. The van der Waals surface area contributed by atoms with Gasteiger partial charge >= 0.3 is 0 Å². The summed E-state index contributed by atoms with van der Waals surface area (Å²) in [6.07, 6.45) is 0.0455. The second-order valence-electron chi connectivity index (χ2n) is 6.96. The number of para-hydroxylation sites is 1. The number of anilines is 1. The molecule has 0 fully saturated rings. The number of hydrogen-bond acceptors (Lipinski definition) is 3. The number of amides is 1. The molecule has 0 aliphatic rings. The van der Waals surface area contributed by atoms with Gasteiger partial charge in [-0.1, -0.05) is 44.2 Å². The molecule has 0 radical (unpaired) electrons. The Kier molecular flexibility index (Phi) is 7.16. The van der Waals surface area contributed by atoms with Crippen LogP contribution >= 0.6 is 0 Å². The summed E-state index contributed by atoms with van der Waals surface area (Å²) in [5.41, 5.74) is 8.17. The molecule has 3 N–H and O–H groups in total. The van der Waals surface area contributed by atoms with Crippen molar-refractivity contribution in [2.75, 3.05) is 18.8 Å². The van der Waals surface area contributed by atoms with Gasteiger partial charge in [-0.3, -0.25) is 4.79 Å². The van der Waals surface area contributed by atoms with Crippen molar-refractivity contribution in [1.29, 1.82) is 0 Å². The number of aliphatic hydroxyl groups is 1. The lowest BCUT2D eigenvalue weighted by Gasteiger charge is -2.27. The Hall–Kier alpha value is -2.40. The number of benzene rings is 2. The van der Waals surface area contributed by atoms with Crippen LogP contribution in [0.3, 0.4) is 0 Å². The van der Waals surface area contributed by atoms with Gasteiger partial charge in [0.2, 0.25) is 5.91 Å². The van der Waals surface area contributed by atoms with Crippen molar-refractivity contribution in [2.45, 2.75) is 32.8 Å². The number of rotatable bonds is 8. The second kappa shape index (κ2) is 9.34. The number of halogens is 1. The molecular weight excluding hydrogens is 331 g/mol. The minimum absolute atomic E-state index is 0.0249. The molecule has 2 rings (SSSR count). The van der Waals surface area contributed by atoms with Gasteiger partial charge in [0.15, 0.2) is 0 Å². The maximum Gasteiger partial charge on any atom is 0.223 e. The Morgan fingerprint density at radius 3 is 2.38 bits per heavy atom. The molecule has 26 heavy (non-hydrogen) atoms. The van der Waals surface area contributed by atoms with Gasteiger partial charge < -0.3 is 15.7 Å². The van der Waals surface area contributed by atoms with E-state index >= 15 is 0 Å². The Morgan fingerprint density at radius 1 is 1.12 bits per heavy atom. The summed E-state index contributed by atoms with van der Waals surface area (Å²) < 4.78 is 13.1. The number of carbonyl (C=O) groups excluding carboxylic acids is 1. The molecule has 5 heteroatoms. The molecule has 0 saturated carbocycles. The van der Waals surface area contributed by atoms with Crippen molar-refractivity contribution >= 4 is 11.6 Å². The van der Waals surface area contributed by atoms with E-state index in [0.717, 1.165) is 5.56 Å². The van der Waals surface area contributed by atoms with Crippen LogP contribution in [0.4, 0.5) is 10.1 Å². The van der Waals surface area contributed by atoms with Crippen LogP contribution in [0.5, 0.6) is 0 Å². The van der Waals surface area contributed by atoms with Crippen LogP contribution in [0.25, 0.3) is 0 Å². The summed E-state index contributed by atoms with van der Waals surface area (Å²) in [7, 11) is 0. The molecule has 1 amide bonds. The molecule has 4 nitrogen and oxygen atoms in total. The standard InChI is InChI=1S/C21H27FN2O2/c1-15(2)13-24(14-20(25)17-7-10-18(22)11-8-17)21(26)12-9-16-5-3-4-6-19(16)23/h3-8,10-11,15,20,25H,9,12-14,23H2,1-2H3. The summed E-state index contributed by atoms with van der Waals surface area (Å²) in [6, 6.07) is 13.2. The molecule has 0 aliphatic heterocycles. The molecular formula is C21H27FN2O2. The normalized spacial score (nSPS) is 12.2. The number of carbonyl (C=O) groups is 1. The summed E-state index contributed by atoms with van der Waals surface area (Å²) in [5, 5.41) is 10.4. The van der Waals surface area contributed by atoms with E-state index in [1.807, 2.05) is 38.1 Å². The first-order valence-electron chi connectivity index (χ1n) is 8.91. The lowest BCUT2D eigenvalue weighted by molar-refractivity contribution is -0.133. The van der Waals surface area contributed by atoms with E-state index in [1.54, 1.807) is 17.0 Å². The first-order valence-corrected chi connectivity index (χ1v) is 8.91. The molecule has 0 spiro atoms. The summed E-state index contributed by atoms with van der Waals surface area (Å²) in [5.74, 6) is -0.0965. The third-order valence-electron chi connectivity index (χ3n) is 4.25. The summed E-state index contributed by atoms with van der Waals surface area (Å²) >= 11 is 0. The zero-order chi connectivity index (χ0) is 19.1. The van der Waals surface area contributed by atoms with Gasteiger partial charge in [0.1, 0.15) is 5.82 Å². The predicted octanol–water partition coefficient (Wildman–Crippen LogP) is 3.56. The third-order valence-corrected chi connectivity index (χ3v) is 4.25. The van der Waals surface area contributed by atoms with E-state index in [9.17, 15) is 14.3 Å². The van der Waals surface area contributed by atoms with Crippen LogP contribution in [0.1, 0.15) is 37.5 Å². The number of aryl methyl sites for hydroxylation is 1. The van der Waals surface area contributed by atoms with Crippen molar-refractivity contribution in [3.05, 3.63) is 65.5 Å². The number of nitrogens with two attached hydrogens (primary N) is 1. The molecule has 140 valence electrons. The zero-order valence-electron chi connectivity index (χ0n) is 15.4. The van der Waals surface area contributed by atoms with Crippen LogP contribution in [-0.2, 0) is 11.2 Å². The summed E-state index contributed by atoms with van der Waals surface area (Å²) in [4.78, 5) is 14.4. The summed E-state index contributed by atoms with van der Waals surface area (Å²) in [6.45, 7) is 4.80. The zero-order valence-corrected chi connectivity index (χ0v) is 15.4. The highest BCUT2D eigenvalue weighted by Crippen LogP contribution is 2.18. The molecule has 0 heterocycles. The van der Waals surface area contributed by atoms with E-state index in [4.69, 9.17) is 5.73 Å². The molecule has 1 atom stereocenters. The fraction of sp³-hybridized carbons (Fsp3) is 0.381. The first kappa shape index (κ1) is 19.9. The van der Waals surface area contributed by atoms with Crippen LogP contribution in [0.2, 0.25) is 0 Å². The van der Waals surface area contributed by atoms with Crippen molar-refractivity contribution < 1.29 is 14.3 Å². The van der Waals surface area contributed by atoms with Crippen molar-refractivity contribution in [3.63, 3.8) is 0 Å². The number of aliphatic hydroxyl groups excluding tert-OH is 1. The average Bonchev–Trinajstić information content (AvgIpc) is 2.60. The molecule has 1 unspecified atom stereocenters. The fourth-order valence-corrected chi connectivity index (χ4v) is 2.88. The molecule has 0 aliphatic carbocycles. The van der Waals surface area contributed by atoms with E-state index in [2.05, 4.69) is 0 Å². The van der Waals surface area contributed by atoms with Gasteiger partial charge in [-0.25, -0.2) is 4.39 Å². The number of nitrogens with zero attached hydrogens (tertiary/aromatic N) is 1. The monoisotopic (exact) mass is 358 g/mol. The lowest BCUT2D eigenvalue weighted by Crippen LogP contribution is -2.37. The van der Waals surface area contributed by atoms with E-state index in [-0.39, 0.29) is 24.2 Å². The Labute approximate surface area is 154 Å². The Bertz CT molecular complexity index is 716. The van der Waals surface area contributed by atoms with Gasteiger partial charge in [-0.05, 0) is 41.7 Å². The topological polar surface area (TPSA) is 66.6 Å². The molecule has 0 saturated heterocycles. The maximum atomic E-state index is 13.1. The largest absolute Gasteiger partial charge is 0.399 e. The quantitative estimate of drug-likeness (QED) is 0.709. The van der Waals surface area contributed by atoms with Crippen molar-refractivity contribution in [1.82, 2.24) is 4.90 Å².